The summed E-state index contributed by atoms with van der Waals surface area (Å²) in [5.74, 6) is 0.0570. The summed E-state index contributed by atoms with van der Waals surface area (Å²) in [6.45, 7) is 2.86. The van der Waals surface area contributed by atoms with Gasteiger partial charge < -0.3 is 4.90 Å². The van der Waals surface area contributed by atoms with Gasteiger partial charge >= 0.3 is 0 Å². The zero-order valence-corrected chi connectivity index (χ0v) is 14.3. The van der Waals surface area contributed by atoms with Crippen LogP contribution in [0.3, 0.4) is 0 Å². The molecule has 1 aliphatic rings. The standard InChI is InChI=1S/C19H21NO2S/c1-14-5-7-15(8-6-14)18-4-3-13-20(18)19(21)16-9-11-17(12-10-16)23(2)22/h5-12,18H,3-4,13H2,1-2H3. The summed E-state index contributed by atoms with van der Waals surface area (Å²) < 4.78 is 11.5. The maximum Gasteiger partial charge on any atom is 0.254 e. The number of benzene rings is 2. The van der Waals surface area contributed by atoms with Crippen molar-refractivity contribution in [1.82, 2.24) is 4.90 Å². The third kappa shape index (κ3) is 3.37. The summed E-state index contributed by atoms with van der Waals surface area (Å²) in [5, 5.41) is 0. The lowest BCUT2D eigenvalue weighted by atomic mass is 10.0. The van der Waals surface area contributed by atoms with E-state index in [4.69, 9.17) is 0 Å². The summed E-state index contributed by atoms with van der Waals surface area (Å²) in [4.78, 5) is 15.5. The first-order chi connectivity index (χ1) is 11.1. The molecule has 1 heterocycles. The molecule has 3 rings (SSSR count). The first-order valence-corrected chi connectivity index (χ1v) is 9.43. The van der Waals surface area contributed by atoms with Crippen molar-refractivity contribution in [3.63, 3.8) is 0 Å². The second kappa shape index (κ2) is 6.67. The number of carbonyl (C=O) groups excluding carboxylic acids is 1. The van der Waals surface area contributed by atoms with Gasteiger partial charge in [-0.25, -0.2) is 0 Å². The molecule has 2 atom stereocenters. The Bertz CT molecular complexity index is 722. The van der Waals surface area contributed by atoms with Crippen molar-refractivity contribution in [1.29, 1.82) is 0 Å². The van der Waals surface area contributed by atoms with Crippen LogP contribution in [0.2, 0.25) is 0 Å². The Morgan fingerprint density at radius 3 is 2.35 bits per heavy atom. The third-order valence-corrected chi connectivity index (χ3v) is 5.35. The summed E-state index contributed by atoms with van der Waals surface area (Å²) >= 11 is 0. The Hall–Kier alpha value is -1.94. The first-order valence-electron chi connectivity index (χ1n) is 7.87. The monoisotopic (exact) mass is 327 g/mol. The normalized spacial score (nSPS) is 18.9. The predicted octanol–water partition coefficient (Wildman–Crippen LogP) is 3.71. The maximum absolute atomic E-state index is 12.8. The second-order valence-corrected chi connectivity index (χ2v) is 7.43. The van der Waals surface area contributed by atoms with E-state index in [1.165, 1.54) is 11.1 Å². The quantitative estimate of drug-likeness (QED) is 0.862. The lowest BCUT2D eigenvalue weighted by molar-refractivity contribution is 0.0735. The molecule has 120 valence electrons. The minimum atomic E-state index is -1.02. The van der Waals surface area contributed by atoms with Gasteiger partial charge in [-0.15, -0.1) is 0 Å². The maximum atomic E-state index is 12.8. The van der Waals surface area contributed by atoms with E-state index in [9.17, 15) is 9.00 Å². The van der Waals surface area contributed by atoms with E-state index < -0.39 is 10.8 Å². The molecule has 2 aromatic rings. The Labute approximate surface area is 139 Å². The predicted molar refractivity (Wildman–Crippen MR) is 93.0 cm³/mol. The molecule has 23 heavy (non-hydrogen) atoms. The number of likely N-dealkylation sites (tertiary alicyclic amines) is 1. The summed E-state index contributed by atoms with van der Waals surface area (Å²) in [6, 6.07) is 15.7. The average molecular weight is 327 g/mol. The van der Waals surface area contributed by atoms with Crippen LogP contribution in [0.15, 0.2) is 53.4 Å². The number of aryl methyl sites for hydroxylation is 1. The van der Waals surface area contributed by atoms with Gasteiger partial charge in [-0.05, 0) is 49.6 Å². The van der Waals surface area contributed by atoms with Crippen molar-refractivity contribution in [3.8, 4) is 0 Å². The molecule has 2 unspecified atom stereocenters. The molecule has 1 saturated heterocycles. The first kappa shape index (κ1) is 15.9. The molecular formula is C19H21NO2S. The van der Waals surface area contributed by atoms with Gasteiger partial charge in [0.25, 0.3) is 5.91 Å². The van der Waals surface area contributed by atoms with Gasteiger partial charge in [0.2, 0.25) is 0 Å². The van der Waals surface area contributed by atoms with E-state index in [0.29, 0.717) is 5.56 Å². The van der Waals surface area contributed by atoms with Crippen LogP contribution in [0.1, 0.15) is 40.4 Å². The van der Waals surface area contributed by atoms with Crippen LogP contribution >= 0.6 is 0 Å². The molecule has 0 spiro atoms. The highest BCUT2D eigenvalue weighted by atomic mass is 32.2. The lowest BCUT2D eigenvalue weighted by Gasteiger charge is -2.25. The van der Waals surface area contributed by atoms with Gasteiger partial charge in [0.05, 0.1) is 6.04 Å². The van der Waals surface area contributed by atoms with Gasteiger partial charge in [0.15, 0.2) is 0 Å². The molecule has 3 nitrogen and oxygen atoms in total. The second-order valence-electron chi connectivity index (χ2n) is 6.05. The molecule has 1 amide bonds. The van der Waals surface area contributed by atoms with Gasteiger partial charge in [0.1, 0.15) is 0 Å². The largest absolute Gasteiger partial charge is 0.332 e. The Morgan fingerprint density at radius 1 is 1.09 bits per heavy atom. The molecule has 0 saturated carbocycles. The number of amides is 1. The number of nitrogens with zero attached hydrogens (tertiary/aromatic N) is 1. The molecule has 1 aliphatic heterocycles. The molecule has 0 radical (unpaired) electrons. The minimum Gasteiger partial charge on any atom is -0.332 e. The van der Waals surface area contributed by atoms with Crippen LogP contribution in [-0.4, -0.2) is 27.8 Å². The molecule has 0 bridgehead atoms. The summed E-state index contributed by atoms with van der Waals surface area (Å²) in [5.41, 5.74) is 3.10. The number of hydrogen-bond donors (Lipinski definition) is 0. The Kier molecular flexibility index (Phi) is 4.62. The van der Waals surface area contributed by atoms with Crippen molar-refractivity contribution in [3.05, 3.63) is 65.2 Å². The Balaban J connectivity index is 1.82. The molecule has 2 aromatic carbocycles. The fourth-order valence-electron chi connectivity index (χ4n) is 3.10. The van der Waals surface area contributed by atoms with E-state index in [2.05, 4.69) is 31.2 Å². The fraction of sp³-hybridized carbons (Fsp3) is 0.316. The highest BCUT2D eigenvalue weighted by Crippen LogP contribution is 2.33. The SMILES string of the molecule is Cc1ccc(C2CCCN2C(=O)c2ccc(S(C)=O)cc2)cc1. The summed E-state index contributed by atoms with van der Waals surface area (Å²) in [7, 11) is -1.02. The van der Waals surface area contributed by atoms with Crippen LogP contribution in [0.4, 0.5) is 0 Å². The molecule has 0 N–H and O–H groups in total. The van der Waals surface area contributed by atoms with E-state index >= 15 is 0 Å². The Morgan fingerprint density at radius 2 is 1.74 bits per heavy atom. The molecule has 0 aliphatic carbocycles. The smallest absolute Gasteiger partial charge is 0.254 e. The van der Waals surface area contributed by atoms with Gasteiger partial charge in [-0.1, -0.05) is 29.8 Å². The van der Waals surface area contributed by atoms with Crippen molar-refractivity contribution in [2.45, 2.75) is 30.7 Å². The number of rotatable bonds is 3. The molecule has 0 aromatic heterocycles. The van der Waals surface area contributed by atoms with Gasteiger partial charge in [-0.3, -0.25) is 9.00 Å². The van der Waals surface area contributed by atoms with Crippen LogP contribution in [0, 0.1) is 6.92 Å². The number of carbonyl (C=O) groups is 1. The van der Waals surface area contributed by atoms with E-state index in [-0.39, 0.29) is 11.9 Å². The fourth-order valence-corrected chi connectivity index (χ4v) is 3.62. The highest BCUT2D eigenvalue weighted by Gasteiger charge is 2.30. The number of hydrogen-bond acceptors (Lipinski definition) is 2. The van der Waals surface area contributed by atoms with Gasteiger partial charge in [-0.2, -0.15) is 0 Å². The highest BCUT2D eigenvalue weighted by molar-refractivity contribution is 7.84. The third-order valence-electron chi connectivity index (χ3n) is 4.41. The lowest BCUT2D eigenvalue weighted by Crippen LogP contribution is -2.30. The van der Waals surface area contributed by atoms with Crippen molar-refractivity contribution in [2.24, 2.45) is 0 Å². The van der Waals surface area contributed by atoms with Crippen LogP contribution in [0.25, 0.3) is 0 Å². The van der Waals surface area contributed by atoms with Crippen molar-refractivity contribution in [2.75, 3.05) is 12.8 Å². The van der Waals surface area contributed by atoms with Crippen molar-refractivity contribution < 1.29 is 9.00 Å². The molecular weight excluding hydrogens is 306 g/mol. The molecule has 1 fully saturated rings. The zero-order chi connectivity index (χ0) is 16.4. The van der Waals surface area contributed by atoms with E-state index in [1.807, 2.05) is 4.90 Å². The van der Waals surface area contributed by atoms with E-state index in [0.717, 1.165) is 24.3 Å². The average Bonchev–Trinajstić information content (AvgIpc) is 3.04. The molecule has 4 heteroatoms. The topological polar surface area (TPSA) is 37.4 Å². The van der Waals surface area contributed by atoms with Crippen LogP contribution < -0.4 is 0 Å². The van der Waals surface area contributed by atoms with E-state index in [1.54, 1.807) is 30.5 Å². The van der Waals surface area contributed by atoms with Crippen LogP contribution in [0.5, 0.6) is 0 Å². The van der Waals surface area contributed by atoms with Crippen LogP contribution in [-0.2, 0) is 10.8 Å². The van der Waals surface area contributed by atoms with Gasteiger partial charge in [0, 0.05) is 34.1 Å². The zero-order valence-electron chi connectivity index (χ0n) is 13.5. The summed E-state index contributed by atoms with van der Waals surface area (Å²) in [6.07, 6.45) is 3.68. The minimum absolute atomic E-state index is 0.0570. The van der Waals surface area contributed by atoms with Crippen molar-refractivity contribution >= 4 is 16.7 Å².